The fourth-order valence-electron chi connectivity index (χ4n) is 1.76. The monoisotopic (exact) mass is 275 g/mol. The van der Waals surface area contributed by atoms with Gasteiger partial charge in [0.1, 0.15) is 5.01 Å². The van der Waals surface area contributed by atoms with Gasteiger partial charge in [-0.05, 0) is 25.1 Å². The van der Waals surface area contributed by atoms with E-state index in [0.29, 0.717) is 5.56 Å². The second-order valence-electron chi connectivity index (χ2n) is 4.52. The van der Waals surface area contributed by atoms with Crippen molar-refractivity contribution in [3.63, 3.8) is 0 Å². The molecular formula is C14H17N3OS. The molecule has 0 bridgehead atoms. The van der Waals surface area contributed by atoms with Crippen molar-refractivity contribution >= 4 is 22.9 Å². The van der Waals surface area contributed by atoms with Crippen LogP contribution in [0.25, 0.3) is 0 Å². The summed E-state index contributed by atoms with van der Waals surface area (Å²) in [5.74, 6) is 0.00514. The van der Waals surface area contributed by atoms with Gasteiger partial charge in [-0.2, -0.15) is 0 Å². The molecule has 1 amide bonds. The van der Waals surface area contributed by atoms with E-state index in [4.69, 9.17) is 0 Å². The average Bonchev–Trinajstić information content (AvgIpc) is 2.92. The van der Waals surface area contributed by atoms with Crippen molar-refractivity contribution in [2.45, 2.75) is 13.0 Å². The molecule has 0 saturated carbocycles. The normalized spacial score (nSPS) is 11.9. The average molecular weight is 275 g/mol. The van der Waals surface area contributed by atoms with Gasteiger partial charge in [-0.25, -0.2) is 4.98 Å². The zero-order valence-corrected chi connectivity index (χ0v) is 12.1. The van der Waals surface area contributed by atoms with Crippen molar-refractivity contribution in [3.05, 3.63) is 46.4 Å². The van der Waals surface area contributed by atoms with Crippen LogP contribution in [0.5, 0.6) is 0 Å². The van der Waals surface area contributed by atoms with E-state index in [1.54, 1.807) is 36.5 Å². The highest BCUT2D eigenvalue weighted by molar-refractivity contribution is 7.09. The maximum atomic E-state index is 11.9. The molecule has 1 unspecified atom stereocenters. The van der Waals surface area contributed by atoms with Crippen LogP contribution in [0.2, 0.25) is 0 Å². The summed E-state index contributed by atoms with van der Waals surface area (Å²) in [5.41, 5.74) is 1.61. The van der Waals surface area contributed by atoms with Gasteiger partial charge in [-0.15, -0.1) is 11.3 Å². The number of amides is 1. The number of aromatic nitrogens is 1. The molecule has 0 fully saturated rings. The Morgan fingerprint density at radius 1 is 1.42 bits per heavy atom. The molecule has 4 nitrogen and oxygen atoms in total. The second-order valence-corrected chi connectivity index (χ2v) is 5.44. The smallest absolute Gasteiger partial charge is 0.253 e. The Balaban J connectivity index is 2.13. The summed E-state index contributed by atoms with van der Waals surface area (Å²) in [7, 11) is 3.50. The molecule has 1 aromatic carbocycles. The zero-order valence-electron chi connectivity index (χ0n) is 11.3. The van der Waals surface area contributed by atoms with E-state index in [0.717, 1.165) is 10.7 Å². The Hall–Kier alpha value is -1.88. The number of thiazole rings is 1. The first-order chi connectivity index (χ1) is 9.08. The van der Waals surface area contributed by atoms with Crippen molar-refractivity contribution in [2.24, 2.45) is 0 Å². The molecule has 19 heavy (non-hydrogen) atoms. The lowest BCUT2D eigenvalue weighted by Gasteiger charge is -2.15. The standard InChI is InChI=1S/C14H17N3OS/c1-10(13-15-7-8-19-13)16-12-6-4-5-11(9-12)14(18)17(2)3/h4-10,16H,1-3H3. The summed E-state index contributed by atoms with van der Waals surface area (Å²) in [5, 5.41) is 6.35. The van der Waals surface area contributed by atoms with Gasteiger partial charge in [-0.3, -0.25) is 4.79 Å². The molecule has 1 aromatic heterocycles. The Kier molecular flexibility index (Phi) is 4.16. The van der Waals surface area contributed by atoms with Crippen LogP contribution in [-0.2, 0) is 0 Å². The topological polar surface area (TPSA) is 45.2 Å². The molecule has 0 aliphatic heterocycles. The van der Waals surface area contributed by atoms with Gasteiger partial charge in [0.05, 0.1) is 6.04 Å². The van der Waals surface area contributed by atoms with Gasteiger partial charge < -0.3 is 10.2 Å². The van der Waals surface area contributed by atoms with Crippen LogP contribution in [0.1, 0.15) is 28.3 Å². The molecule has 100 valence electrons. The summed E-state index contributed by atoms with van der Waals surface area (Å²) in [6.07, 6.45) is 1.80. The number of carbonyl (C=O) groups is 1. The minimum Gasteiger partial charge on any atom is -0.376 e. The van der Waals surface area contributed by atoms with E-state index < -0.39 is 0 Å². The molecule has 0 radical (unpaired) electrons. The van der Waals surface area contributed by atoms with E-state index in [-0.39, 0.29) is 11.9 Å². The van der Waals surface area contributed by atoms with Gasteiger partial charge in [0.15, 0.2) is 0 Å². The van der Waals surface area contributed by atoms with Crippen LogP contribution in [0.15, 0.2) is 35.8 Å². The van der Waals surface area contributed by atoms with Crippen molar-refractivity contribution in [2.75, 3.05) is 19.4 Å². The first kappa shape index (κ1) is 13.5. The van der Waals surface area contributed by atoms with Crippen molar-refractivity contribution in [1.29, 1.82) is 0 Å². The van der Waals surface area contributed by atoms with Gasteiger partial charge >= 0.3 is 0 Å². The second kappa shape index (κ2) is 5.84. The fraction of sp³-hybridized carbons (Fsp3) is 0.286. The minimum atomic E-state index is 0.00514. The first-order valence-corrected chi connectivity index (χ1v) is 6.93. The predicted octanol–water partition coefficient (Wildman–Crippen LogP) is 3.02. The molecule has 0 saturated heterocycles. The van der Waals surface area contributed by atoms with Gasteiger partial charge in [0.2, 0.25) is 0 Å². The predicted molar refractivity (Wildman–Crippen MR) is 78.6 cm³/mol. The van der Waals surface area contributed by atoms with E-state index in [1.165, 1.54) is 0 Å². The first-order valence-electron chi connectivity index (χ1n) is 6.05. The summed E-state index contributed by atoms with van der Waals surface area (Å²) in [6.45, 7) is 2.05. The van der Waals surface area contributed by atoms with Crippen LogP contribution >= 0.6 is 11.3 Å². The van der Waals surface area contributed by atoms with E-state index in [9.17, 15) is 4.79 Å². The molecule has 0 spiro atoms. The number of hydrogen-bond donors (Lipinski definition) is 1. The lowest BCUT2D eigenvalue weighted by atomic mass is 10.1. The highest BCUT2D eigenvalue weighted by Gasteiger charge is 2.11. The molecule has 1 atom stereocenters. The van der Waals surface area contributed by atoms with Crippen LogP contribution in [0.3, 0.4) is 0 Å². The van der Waals surface area contributed by atoms with Crippen molar-refractivity contribution in [3.8, 4) is 0 Å². The van der Waals surface area contributed by atoms with Crippen molar-refractivity contribution in [1.82, 2.24) is 9.88 Å². The Morgan fingerprint density at radius 3 is 2.84 bits per heavy atom. The quantitative estimate of drug-likeness (QED) is 0.933. The summed E-state index contributed by atoms with van der Waals surface area (Å²) < 4.78 is 0. The SMILES string of the molecule is CC(Nc1cccc(C(=O)N(C)C)c1)c1nccs1. The van der Waals surface area contributed by atoms with E-state index in [2.05, 4.69) is 17.2 Å². The minimum absolute atomic E-state index is 0.00514. The maximum Gasteiger partial charge on any atom is 0.253 e. The third kappa shape index (κ3) is 3.32. The molecule has 1 heterocycles. The molecule has 0 aliphatic carbocycles. The lowest BCUT2D eigenvalue weighted by Crippen LogP contribution is -2.21. The molecule has 5 heteroatoms. The Labute approximate surface area is 117 Å². The fourth-order valence-corrected chi connectivity index (χ4v) is 2.41. The number of anilines is 1. The van der Waals surface area contributed by atoms with Crippen LogP contribution < -0.4 is 5.32 Å². The summed E-state index contributed by atoms with van der Waals surface area (Å²) in [6, 6.07) is 7.66. The van der Waals surface area contributed by atoms with E-state index in [1.807, 2.05) is 29.6 Å². The molecule has 1 N–H and O–H groups in total. The zero-order chi connectivity index (χ0) is 13.8. The van der Waals surface area contributed by atoms with Gasteiger partial charge in [0, 0.05) is 36.9 Å². The maximum absolute atomic E-state index is 11.9. The number of hydrogen-bond acceptors (Lipinski definition) is 4. The van der Waals surface area contributed by atoms with Crippen LogP contribution in [-0.4, -0.2) is 29.9 Å². The number of nitrogens with one attached hydrogen (secondary N) is 1. The summed E-state index contributed by atoms with van der Waals surface area (Å²) >= 11 is 1.62. The van der Waals surface area contributed by atoms with Crippen molar-refractivity contribution < 1.29 is 4.79 Å². The largest absolute Gasteiger partial charge is 0.376 e. The molecular weight excluding hydrogens is 258 g/mol. The van der Waals surface area contributed by atoms with Crippen LogP contribution in [0, 0.1) is 0 Å². The number of benzene rings is 1. The number of rotatable bonds is 4. The van der Waals surface area contributed by atoms with Gasteiger partial charge in [0.25, 0.3) is 5.91 Å². The third-order valence-electron chi connectivity index (χ3n) is 2.72. The highest BCUT2D eigenvalue weighted by atomic mass is 32.1. The molecule has 2 aromatic rings. The van der Waals surface area contributed by atoms with E-state index >= 15 is 0 Å². The molecule has 0 aliphatic rings. The number of nitrogens with zero attached hydrogens (tertiary/aromatic N) is 2. The van der Waals surface area contributed by atoms with Gasteiger partial charge in [-0.1, -0.05) is 6.07 Å². The highest BCUT2D eigenvalue weighted by Crippen LogP contribution is 2.21. The Morgan fingerprint density at radius 2 is 2.21 bits per heavy atom. The summed E-state index contributed by atoms with van der Waals surface area (Å²) in [4.78, 5) is 17.8. The Bertz CT molecular complexity index is 552. The third-order valence-corrected chi connectivity index (χ3v) is 3.68. The molecule has 2 rings (SSSR count). The lowest BCUT2D eigenvalue weighted by molar-refractivity contribution is 0.0827. The number of carbonyl (C=O) groups excluding carboxylic acids is 1. The van der Waals surface area contributed by atoms with Crippen LogP contribution in [0.4, 0.5) is 5.69 Å².